The molecule has 1 aliphatic rings. The third kappa shape index (κ3) is 1.59. The normalized spacial score (nSPS) is 14.8. The summed E-state index contributed by atoms with van der Waals surface area (Å²) in [5.74, 6) is 0. The third-order valence-electron chi connectivity index (χ3n) is 3.12. The van der Waals surface area contributed by atoms with Gasteiger partial charge in [0.05, 0.1) is 5.69 Å². The van der Waals surface area contributed by atoms with Crippen molar-refractivity contribution in [2.24, 2.45) is 0 Å². The van der Waals surface area contributed by atoms with Gasteiger partial charge < -0.3 is 4.57 Å². The second-order valence-electron chi connectivity index (χ2n) is 4.15. The predicted molar refractivity (Wildman–Crippen MR) is 68.3 cm³/mol. The number of hydrogen-bond donors (Lipinski definition) is 0. The molecule has 0 N–H and O–H groups in total. The lowest BCUT2D eigenvalue weighted by molar-refractivity contribution is 0.525. The maximum Gasteiger partial charge on any atom is 0.177 e. The molecule has 1 aliphatic heterocycles. The van der Waals surface area contributed by atoms with Crippen LogP contribution in [0.5, 0.6) is 0 Å². The molecule has 0 saturated carbocycles. The lowest BCUT2D eigenvalue weighted by Crippen LogP contribution is -2.10. The highest BCUT2D eigenvalue weighted by molar-refractivity contribution is 9.10. The van der Waals surface area contributed by atoms with Crippen molar-refractivity contribution in [2.45, 2.75) is 25.8 Å². The van der Waals surface area contributed by atoms with Gasteiger partial charge in [0.1, 0.15) is 0 Å². The van der Waals surface area contributed by atoms with E-state index in [9.17, 15) is 0 Å². The van der Waals surface area contributed by atoms with Crippen LogP contribution in [0.2, 0.25) is 0 Å². The average molecular weight is 277 g/mol. The van der Waals surface area contributed by atoms with Crippen molar-refractivity contribution in [3.63, 3.8) is 0 Å². The number of nitrogens with zero attached hydrogens (tertiary/aromatic N) is 2. The molecule has 3 heteroatoms. The summed E-state index contributed by atoms with van der Waals surface area (Å²) in [6.07, 6.45) is 3.68. The first kappa shape index (κ1) is 10.1. The zero-order valence-electron chi connectivity index (χ0n) is 8.99. The van der Waals surface area contributed by atoms with Crippen molar-refractivity contribution in [2.75, 3.05) is 0 Å². The number of fused-ring (bicyclic) bond motifs is 1. The Bertz CT molecular complexity index is 502. The van der Waals surface area contributed by atoms with Gasteiger partial charge in [-0.2, -0.15) is 0 Å². The summed E-state index contributed by atoms with van der Waals surface area (Å²) in [6.45, 7) is 1.09. The SMILES string of the molecule is Brc1nc(-c2ccccc2)c2n1CCCC2. The van der Waals surface area contributed by atoms with Crippen LogP contribution in [0.25, 0.3) is 11.3 Å². The van der Waals surface area contributed by atoms with Crippen molar-refractivity contribution in [3.8, 4) is 11.3 Å². The van der Waals surface area contributed by atoms with Crippen molar-refractivity contribution in [3.05, 3.63) is 40.8 Å². The summed E-state index contributed by atoms with van der Waals surface area (Å²) in [5, 5.41) is 0. The van der Waals surface area contributed by atoms with Crippen LogP contribution in [-0.2, 0) is 13.0 Å². The highest BCUT2D eigenvalue weighted by atomic mass is 79.9. The van der Waals surface area contributed by atoms with Gasteiger partial charge in [-0.1, -0.05) is 30.3 Å². The Morgan fingerprint density at radius 3 is 2.75 bits per heavy atom. The molecule has 0 aliphatic carbocycles. The summed E-state index contributed by atoms with van der Waals surface area (Å²) in [4.78, 5) is 4.64. The van der Waals surface area contributed by atoms with Gasteiger partial charge in [-0.3, -0.25) is 0 Å². The van der Waals surface area contributed by atoms with E-state index in [1.54, 1.807) is 0 Å². The summed E-state index contributed by atoms with van der Waals surface area (Å²) in [5.41, 5.74) is 3.75. The molecule has 0 spiro atoms. The largest absolute Gasteiger partial charge is 0.322 e. The minimum atomic E-state index is 0.973. The van der Waals surface area contributed by atoms with Crippen molar-refractivity contribution in [1.82, 2.24) is 9.55 Å². The molecular formula is C13H13BrN2. The first-order chi connectivity index (χ1) is 7.86. The molecule has 0 atom stereocenters. The molecular weight excluding hydrogens is 264 g/mol. The zero-order valence-corrected chi connectivity index (χ0v) is 10.6. The van der Waals surface area contributed by atoms with Crippen LogP contribution in [0.1, 0.15) is 18.5 Å². The van der Waals surface area contributed by atoms with Crippen LogP contribution in [-0.4, -0.2) is 9.55 Å². The van der Waals surface area contributed by atoms with Crippen LogP contribution in [0, 0.1) is 0 Å². The van der Waals surface area contributed by atoms with Crippen LogP contribution in [0.15, 0.2) is 35.1 Å². The first-order valence-corrected chi connectivity index (χ1v) is 6.46. The fourth-order valence-corrected chi connectivity index (χ4v) is 2.90. The van der Waals surface area contributed by atoms with Gasteiger partial charge in [0, 0.05) is 17.8 Å². The van der Waals surface area contributed by atoms with Crippen molar-refractivity contribution < 1.29 is 0 Å². The minimum Gasteiger partial charge on any atom is -0.322 e. The van der Waals surface area contributed by atoms with Gasteiger partial charge in [0.15, 0.2) is 4.73 Å². The van der Waals surface area contributed by atoms with Crippen LogP contribution in [0.4, 0.5) is 0 Å². The minimum absolute atomic E-state index is 0.973. The smallest absolute Gasteiger partial charge is 0.177 e. The molecule has 2 aromatic rings. The monoisotopic (exact) mass is 276 g/mol. The Morgan fingerprint density at radius 2 is 1.94 bits per heavy atom. The number of aromatic nitrogens is 2. The summed E-state index contributed by atoms with van der Waals surface area (Å²) < 4.78 is 3.27. The highest BCUT2D eigenvalue weighted by Crippen LogP contribution is 2.30. The van der Waals surface area contributed by atoms with Crippen molar-refractivity contribution >= 4 is 15.9 Å². The molecule has 0 saturated heterocycles. The number of benzene rings is 1. The molecule has 1 aromatic heterocycles. The number of hydrogen-bond acceptors (Lipinski definition) is 1. The van der Waals surface area contributed by atoms with Gasteiger partial charge in [-0.05, 0) is 35.2 Å². The number of imidazole rings is 1. The molecule has 3 rings (SSSR count). The fourth-order valence-electron chi connectivity index (χ4n) is 2.33. The second kappa shape index (κ2) is 4.06. The molecule has 82 valence electrons. The number of halogens is 1. The third-order valence-corrected chi connectivity index (χ3v) is 3.72. The molecule has 0 radical (unpaired) electrons. The molecule has 2 heterocycles. The zero-order chi connectivity index (χ0) is 11.0. The first-order valence-electron chi connectivity index (χ1n) is 5.66. The van der Waals surface area contributed by atoms with E-state index in [2.05, 4.69) is 49.7 Å². The Balaban J connectivity index is 2.15. The summed E-state index contributed by atoms with van der Waals surface area (Å²) in [7, 11) is 0. The quantitative estimate of drug-likeness (QED) is 0.778. The van der Waals surface area contributed by atoms with Gasteiger partial charge in [0.2, 0.25) is 0 Å². The van der Waals surface area contributed by atoms with E-state index in [-0.39, 0.29) is 0 Å². The van der Waals surface area contributed by atoms with E-state index in [4.69, 9.17) is 0 Å². The van der Waals surface area contributed by atoms with E-state index in [1.165, 1.54) is 24.1 Å². The average Bonchev–Trinajstić information content (AvgIpc) is 2.69. The van der Waals surface area contributed by atoms with E-state index in [0.717, 1.165) is 23.4 Å². The Kier molecular flexibility index (Phi) is 2.56. The summed E-state index contributed by atoms with van der Waals surface area (Å²) in [6, 6.07) is 10.4. The second-order valence-corrected chi connectivity index (χ2v) is 4.86. The molecule has 16 heavy (non-hydrogen) atoms. The molecule has 0 fully saturated rings. The maximum atomic E-state index is 4.64. The lowest BCUT2D eigenvalue weighted by atomic mass is 10.0. The van der Waals surface area contributed by atoms with Gasteiger partial charge in [-0.25, -0.2) is 4.98 Å². The molecule has 2 nitrogen and oxygen atoms in total. The van der Waals surface area contributed by atoms with E-state index in [0.29, 0.717) is 0 Å². The van der Waals surface area contributed by atoms with Crippen LogP contribution in [0.3, 0.4) is 0 Å². The topological polar surface area (TPSA) is 17.8 Å². The molecule has 0 bridgehead atoms. The van der Waals surface area contributed by atoms with E-state index in [1.807, 2.05) is 6.07 Å². The standard InChI is InChI=1S/C13H13BrN2/c14-13-15-12(10-6-2-1-3-7-10)11-8-4-5-9-16(11)13/h1-3,6-7H,4-5,8-9H2. The van der Waals surface area contributed by atoms with E-state index < -0.39 is 0 Å². The van der Waals surface area contributed by atoms with Gasteiger partial charge >= 0.3 is 0 Å². The van der Waals surface area contributed by atoms with Crippen LogP contribution < -0.4 is 0 Å². The predicted octanol–water partition coefficient (Wildman–Crippen LogP) is 3.65. The Morgan fingerprint density at radius 1 is 1.12 bits per heavy atom. The lowest BCUT2D eigenvalue weighted by Gasteiger charge is -2.15. The molecule has 0 unspecified atom stereocenters. The Labute approximate surface area is 103 Å². The Hall–Kier alpha value is -1.09. The fraction of sp³-hybridized carbons (Fsp3) is 0.308. The molecule has 0 amide bonds. The number of rotatable bonds is 1. The molecule has 1 aromatic carbocycles. The van der Waals surface area contributed by atoms with E-state index >= 15 is 0 Å². The summed E-state index contributed by atoms with van der Waals surface area (Å²) >= 11 is 3.55. The highest BCUT2D eigenvalue weighted by Gasteiger charge is 2.19. The van der Waals surface area contributed by atoms with Gasteiger partial charge in [0.25, 0.3) is 0 Å². The van der Waals surface area contributed by atoms with Crippen LogP contribution >= 0.6 is 15.9 Å². The maximum absolute atomic E-state index is 4.64. The van der Waals surface area contributed by atoms with Gasteiger partial charge in [-0.15, -0.1) is 0 Å². The van der Waals surface area contributed by atoms with Crippen molar-refractivity contribution in [1.29, 1.82) is 0 Å².